The maximum Gasteiger partial charge on any atom is 0.242 e. The Kier molecular flexibility index (Phi) is 3.81. The Balaban J connectivity index is 1.54. The van der Waals surface area contributed by atoms with Crippen LogP contribution >= 0.6 is 0 Å². The number of ether oxygens (including phenoxy) is 2. The summed E-state index contributed by atoms with van der Waals surface area (Å²) in [4.78, 5) is 19.4. The van der Waals surface area contributed by atoms with Crippen LogP contribution in [0.1, 0.15) is 5.82 Å². The van der Waals surface area contributed by atoms with Gasteiger partial charge in [0.2, 0.25) is 5.91 Å². The zero-order valence-corrected chi connectivity index (χ0v) is 14.2. The van der Waals surface area contributed by atoms with E-state index < -0.39 is 0 Å². The van der Waals surface area contributed by atoms with E-state index in [1.807, 2.05) is 40.7 Å². The van der Waals surface area contributed by atoms with Crippen LogP contribution in [0.5, 0.6) is 0 Å². The van der Waals surface area contributed by atoms with Gasteiger partial charge in [-0.2, -0.15) is 0 Å². The lowest BCUT2D eigenvalue weighted by Crippen LogP contribution is -2.38. The number of carbonyl (C=O) groups is 1. The van der Waals surface area contributed by atoms with Gasteiger partial charge in [-0.3, -0.25) is 4.79 Å². The number of hydrogen-bond donors (Lipinski definition) is 0. The van der Waals surface area contributed by atoms with Crippen molar-refractivity contribution in [1.82, 2.24) is 14.5 Å². The Labute approximate surface area is 141 Å². The molecule has 0 radical (unpaired) electrons. The normalized spacial score (nSPS) is 26.2. The summed E-state index contributed by atoms with van der Waals surface area (Å²) in [6.07, 6.45) is 0. The maximum absolute atomic E-state index is 12.9. The van der Waals surface area contributed by atoms with Crippen molar-refractivity contribution < 1.29 is 14.3 Å². The molecule has 1 aromatic heterocycles. The van der Waals surface area contributed by atoms with Crippen LogP contribution in [0.15, 0.2) is 24.3 Å². The van der Waals surface area contributed by atoms with Gasteiger partial charge in [0, 0.05) is 31.5 Å². The average molecular weight is 329 g/mol. The zero-order chi connectivity index (χ0) is 16.7. The lowest BCUT2D eigenvalue weighted by atomic mass is 9.82. The standard InChI is InChI=1S/C18H23N3O3/c1-13-19-15-5-3-4-6-16(15)21(13)8-17(22)20-7-14-9-24-12-18(14,10-20)11-23-2/h3-6,14H,7-12H2,1-2H3/t14-,18-/m0/s1. The summed E-state index contributed by atoms with van der Waals surface area (Å²) in [7, 11) is 1.72. The number of aryl methyl sites for hydroxylation is 1. The summed E-state index contributed by atoms with van der Waals surface area (Å²) in [5.74, 6) is 1.40. The quantitative estimate of drug-likeness (QED) is 0.852. The molecule has 2 aromatic rings. The van der Waals surface area contributed by atoms with E-state index in [0.29, 0.717) is 25.7 Å². The third kappa shape index (κ3) is 2.41. The number of rotatable bonds is 4. The second-order valence-electron chi connectivity index (χ2n) is 7.02. The van der Waals surface area contributed by atoms with E-state index in [2.05, 4.69) is 4.98 Å². The van der Waals surface area contributed by atoms with Gasteiger partial charge < -0.3 is 18.9 Å². The van der Waals surface area contributed by atoms with E-state index >= 15 is 0 Å². The van der Waals surface area contributed by atoms with Crippen molar-refractivity contribution in [2.24, 2.45) is 11.3 Å². The van der Waals surface area contributed by atoms with Crippen molar-refractivity contribution in [3.8, 4) is 0 Å². The number of imidazole rings is 1. The number of benzene rings is 1. The number of likely N-dealkylation sites (tertiary alicyclic amines) is 1. The van der Waals surface area contributed by atoms with Crippen molar-refractivity contribution in [3.05, 3.63) is 30.1 Å². The molecule has 2 aliphatic heterocycles. The number of hydrogen-bond acceptors (Lipinski definition) is 4. The SMILES string of the molecule is COC[C@@]12COC[C@@H]1CN(C(=O)Cn1c(C)nc3ccccc31)C2. The highest BCUT2D eigenvalue weighted by Gasteiger charge is 2.51. The average Bonchev–Trinajstić information content (AvgIpc) is 3.19. The number of methoxy groups -OCH3 is 1. The van der Waals surface area contributed by atoms with E-state index in [1.165, 1.54) is 0 Å². The molecule has 6 nitrogen and oxygen atoms in total. The third-order valence-corrected chi connectivity index (χ3v) is 5.44. The molecule has 2 atom stereocenters. The fraction of sp³-hybridized carbons (Fsp3) is 0.556. The molecule has 128 valence electrons. The maximum atomic E-state index is 12.9. The predicted octanol–water partition coefficient (Wildman–Crippen LogP) is 1.47. The molecule has 2 fully saturated rings. The van der Waals surface area contributed by atoms with Gasteiger partial charge in [-0.1, -0.05) is 12.1 Å². The summed E-state index contributed by atoms with van der Waals surface area (Å²) in [6, 6.07) is 7.95. The van der Waals surface area contributed by atoms with Gasteiger partial charge in [-0.15, -0.1) is 0 Å². The molecule has 24 heavy (non-hydrogen) atoms. The van der Waals surface area contributed by atoms with E-state index in [4.69, 9.17) is 9.47 Å². The van der Waals surface area contributed by atoms with Crippen molar-refractivity contribution in [1.29, 1.82) is 0 Å². The first-order chi connectivity index (χ1) is 11.6. The topological polar surface area (TPSA) is 56.6 Å². The van der Waals surface area contributed by atoms with Gasteiger partial charge in [-0.25, -0.2) is 4.98 Å². The smallest absolute Gasteiger partial charge is 0.242 e. The molecule has 1 amide bonds. The van der Waals surface area contributed by atoms with Crippen LogP contribution in [-0.4, -0.2) is 60.4 Å². The van der Waals surface area contributed by atoms with Gasteiger partial charge in [0.15, 0.2) is 0 Å². The summed E-state index contributed by atoms with van der Waals surface area (Å²) >= 11 is 0. The van der Waals surface area contributed by atoms with Crippen LogP contribution < -0.4 is 0 Å². The van der Waals surface area contributed by atoms with Gasteiger partial charge in [0.05, 0.1) is 30.9 Å². The molecule has 2 saturated heterocycles. The van der Waals surface area contributed by atoms with Gasteiger partial charge in [0.25, 0.3) is 0 Å². The number of nitrogens with zero attached hydrogens (tertiary/aromatic N) is 3. The monoisotopic (exact) mass is 329 g/mol. The number of carbonyl (C=O) groups excluding carboxylic acids is 1. The molecular weight excluding hydrogens is 306 g/mol. The first-order valence-electron chi connectivity index (χ1n) is 8.39. The second kappa shape index (κ2) is 5.86. The van der Waals surface area contributed by atoms with Crippen LogP contribution in [-0.2, 0) is 20.8 Å². The van der Waals surface area contributed by atoms with Crippen LogP contribution in [0.4, 0.5) is 0 Å². The summed E-state index contributed by atoms with van der Waals surface area (Å²) in [5.41, 5.74) is 1.92. The molecule has 4 rings (SSSR count). The minimum atomic E-state index is -0.0313. The van der Waals surface area contributed by atoms with Crippen molar-refractivity contribution in [3.63, 3.8) is 0 Å². The first-order valence-corrected chi connectivity index (χ1v) is 8.39. The van der Waals surface area contributed by atoms with Crippen molar-refractivity contribution >= 4 is 16.9 Å². The van der Waals surface area contributed by atoms with Crippen LogP contribution in [0.25, 0.3) is 11.0 Å². The number of fused-ring (bicyclic) bond motifs is 2. The number of para-hydroxylation sites is 2. The molecule has 0 N–H and O–H groups in total. The van der Waals surface area contributed by atoms with Gasteiger partial charge in [-0.05, 0) is 19.1 Å². The molecule has 6 heteroatoms. The predicted molar refractivity (Wildman–Crippen MR) is 89.7 cm³/mol. The molecule has 0 unspecified atom stereocenters. The Morgan fingerprint density at radius 1 is 1.46 bits per heavy atom. The molecular formula is C18H23N3O3. The Morgan fingerprint density at radius 3 is 3.12 bits per heavy atom. The van der Waals surface area contributed by atoms with E-state index in [-0.39, 0.29) is 11.3 Å². The van der Waals surface area contributed by atoms with Gasteiger partial charge >= 0.3 is 0 Å². The summed E-state index contributed by atoms with van der Waals surface area (Å²) in [6.45, 7) is 5.82. The summed E-state index contributed by atoms with van der Waals surface area (Å²) < 4.78 is 13.1. The van der Waals surface area contributed by atoms with Crippen LogP contribution in [0.3, 0.4) is 0 Å². The molecule has 0 spiro atoms. The van der Waals surface area contributed by atoms with Crippen molar-refractivity contribution in [2.45, 2.75) is 13.5 Å². The highest BCUT2D eigenvalue weighted by Crippen LogP contribution is 2.41. The van der Waals surface area contributed by atoms with E-state index in [9.17, 15) is 4.79 Å². The van der Waals surface area contributed by atoms with Crippen LogP contribution in [0.2, 0.25) is 0 Å². The molecule has 2 aliphatic rings. The van der Waals surface area contributed by atoms with E-state index in [1.54, 1.807) is 7.11 Å². The molecule has 0 saturated carbocycles. The third-order valence-electron chi connectivity index (χ3n) is 5.44. The fourth-order valence-electron chi connectivity index (χ4n) is 4.14. The Morgan fingerprint density at radius 2 is 2.29 bits per heavy atom. The van der Waals surface area contributed by atoms with Gasteiger partial charge in [0.1, 0.15) is 12.4 Å². The Hall–Kier alpha value is -1.92. The highest BCUT2D eigenvalue weighted by molar-refractivity contribution is 5.81. The van der Waals surface area contributed by atoms with E-state index in [0.717, 1.165) is 36.6 Å². The molecule has 1 aromatic carbocycles. The Bertz CT molecular complexity index is 772. The molecule has 0 aliphatic carbocycles. The zero-order valence-electron chi connectivity index (χ0n) is 14.2. The first kappa shape index (κ1) is 15.6. The lowest BCUT2D eigenvalue weighted by Gasteiger charge is -2.26. The minimum absolute atomic E-state index is 0.0313. The highest BCUT2D eigenvalue weighted by atomic mass is 16.5. The van der Waals surface area contributed by atoms with Crippen LogP contribution in [0, 0.1) is 18.3 Å². The lowest BCUT2D eigenvalue weighted by molar-refractivity contribution is -0.131. The fourth-order valence-corrected chi connectivity index (χ4v) is 4.14. The van der Waals surface area contributed by atoms with Crippen molar-refractivity contribution in [2.75, 3.05) is 40.0 Å². The number of aromatic nitrogens is 2. The molecule has 3 heterocycles. The summed E-state index contributed by atoms with van der Waals surface area (Å²) in [5, 5.41) is 0. The molecule has 0 bridgehead atoms. The second-order valence-corrected chi connectivity index (χ2v) is 7.02. The minimum Gasteiger partial charge on any atom is -0.384 e. The largest absolute Gasteiger partial charge is 0.384 e. The number of amides is 1.